The largest absolute Gasteiger partial charge is 0.496 e. The van der Waals surface area contributed by atoms with Crippen LogP contribution in [0.4, 0.5) is 0 Å². The van der Waals surface area contributed by atoms with E-state index in [1.165, 1.54) is 18.2 Å². The van der Waals surface area contributed by atoms with Gasteiger partial charge in [0.1, 0.15) is 5.75 Å². The van der Waals surface area contributed by atoms with E-state index in [-0.39, 0.29) is 11.4 Å². The quantitative estimate of drug-likeness (QED) is 0.731. The Morgan fingerprint density at radius 3 is 2.64 bits per heavy atom. The Bertz CT molecular complexity index is 840. The topological polar surface area (TPSA) is 84.5 Å². The van der Waals surface area contributed by atoms with Crippen molar-refractivity contribution in [2.75, 3.05) is 20.2 Å². The SMILES string of the molecule is COc1ccccc1CCNC(=O)CNS(=O)(=O)c1cccc(Cl)c1. The number of hydrogen-bond donors (Lipinski definition) is 2. The van der Waals surface area contributed by atoms with Crippen LogP contribution < -0.4 is 14.8 Å². The maximum atomic E-state index is 12.1. The van der Waals surface area contributed by atoms with Gasteiger partial charge >= 0.3 is 0 Å². The van der Waals surface area contributed by atoms with Gasteiger partial charge in [0.25, 0.3) is 0 Å². The van der Waals surface area contributed by atoms with Gasteiger partial charge in [-0.15, -0.1) is 0 Å². The van der Waals surface area contributed by atoms with Crippen molar-refractivity contribution in [2.45, 2.75) is 11.3 Å². The molecular weight excluding hydrogens is 364 g/mol. The zero-order valence-electron chi connectivity index (χ0n) is 13.7. The molecule has 0 aromatic heterocycles. The predicted molar refractivity (Wildman–Crippen MR) is 96.3 cm³/mol. The summed E-state index contributed by atoms with van der Waals surface area (Å²) in [5, 5.41) is 2.98. The number of rotatable bonds is 8. The minimum atomic E-state index is -3.78. The third kappa shape index (κ3) is 5.74. The van der Waals surface area contributed by atoms with Crippen molar-refractivity contribution in [3.05, 3.63) is 59.1 Å². The second kappa shape index (κ2) is 8.84. The van der Waals surface area contributed by atoms with Crippen LogP contribution in [0.5, 0.6) is 5.75 Å². The van der Waals surface area contributed by atoms with E-state index in [1.807, 2.05) is 24.3 Å². The molecule has 0 aliphatic heterocycles. The molecule has 0 saturated carbocycles. The number of ether oxygens (including phenoxy) is 1. The first-order valence-electron chi connectivity index (χ1n) is 7.56. The molecule has 2 N–H and O–H groups in total. The van der Waals surface area contributed by atoms with Crippen molar-refractivity contribution >= 4 is 27.5 Å². The van der Waals surface area contributed by atoms with Crippen LogP contribution in [0.1, 0.15) is 5.56 Å². The van der Waals surface area contributed by atoms with E-state index in [4.69, 9.17) is 16.3 Å². The summed E-state index contributed by atoms with van der Waals surface area (Å²) in [4.78, 5) is 11.9. The number of benzene rings is 2. The summed E-state index contributed by atoms with van der Waals surface area (Å²) in [6, 6.07) is 13.3. The Balaban J connectivity index is 1.82. The number of para-hydroxylation sites is 1. The van der Waals surface area contributed by atoms with Gasteiger partial charge < -0.3 is 10.1 Å². The molecule has 2 rings (SSSR count). The summed E-state index contributed by atoms with van der Waals surface area (Å²) in [6.45, 7) is 0.0267. The van der Waals surface area contributed by atoms with E-state index in [1.54, 1.807) is 13.2 Å². The lowest BCUT2D eigenvalue weighted by Gasteiger charge is -2.10. The maximum Gasteiger partial charge on any atom is 0.241 e. The summed E-state index contributed by atoms with van der Waals surface area (Å²) in [6.07, 6.45) is 0.580. The summed E-state index contributed by atoms with van der Waals surface area (Å²) < 4.78 is 31.7. The molecule has 0 aliphatic rings. The van der Waals surface area contributed by atoms with Gasteiger partial charge in [0.15, 0.2) is 0 Å². The van der Waals surface area contributed by atoms with Crippen molar-refractivity contribution in [2.24, 2.45) is 0 Å². The summed E-state index contributed by atoms with van der Waals surface area (Å²) >= 11 is 5.78. The minimum Gasteiger partial charge on any atom is -0.496 e. The number of hydrogen-bond acceptors (Lipinski definition) is 4. The third-order valence-corrected chi connectivity index (χ3v) is 5.07. The highest BCUT2D eigenvalue weighted by Gasteiger charge is 2.15. The molecule has 2 aromatic carbocycles. The van der Waals surface area contributed by atoms with E-state index < -0.39 is 15.9 Å². The van der Waals surface area contributed by atoms with Gasteiger partial charge in [-0.2, -0.15) is 0 Å². The fourth-order valence-corrected chi connectivity index (χ4v) is 3.47. The van der Waals surface area contributed by atoms with Crippen LogP contribution in [0.25, 0.3) is 0 Å². The Kier molecular flexibility index (Phi) is 6.81. The second-order valence-electron chi connectivity index (χ2n) is 5.19. The van der Waals surface area contributed by atoms with Crippen LogP contribution in [-0.4, -0.2) is 34.5 Å². The Morgan fingerprint density at radius 2 is 1.92 bits per heavy atom. The molecule has 0 bridgehead atoms. The zero-order valence-corrected chi connectivity index (χ0v) is 15.2. The van der Waals surface area contributed by atoms with E-state index in [2.05, 4.69) is 10.0 Å². The molecule has 1 amide bonds. The second-order valence-corrected chi connectivity index (χ2v) is 7.40. The van der Waals surface area contributed by atoms with Crippen molar-refractivity contribution in [1.29, 1.82) is 0 Å². The first-order valence-corrected chi connectivity index (χ1v) is 9.42. The van der Waals surface area contributed by atoms with Gasteiger partial charge in [-0.25, -0.2) is 13.1 Å². The van der Waals surface area contributed by atoms with Gasteiger partial charge in [-0.1, -0.05) is 35.9 Å². The lowest BCUT2D eigenvalue weighted by atomic mass is 10.1. The molecule has 0 aliphatic carbocycles. The summed E-state index contributed by atoms with van der Waals surface area (Å²) in [7, 11) is -2.20. The highest BCUT2D eigenvalue weighted by atomic mass is 35.5. The van der Waals surface area contributed by atoms with Crippen LogP contribution in [0.15, 0.2) is 53.4 Å². The Morgan fingerprint density at radius 1 is 1.16 bits per heavy atom. The first kappa shape index (κ1) is 19.2. The zero-order chi connectivity index (χ0) is 18.3. The molecule has 0 atom stereocenters. The first-order chi connectivity index (χ1) is 11.9. The van der Waals surface area contributed by atoms with Crippen LogP contribution in [-0.2, 0) is 21.2 Å². The molecule has 0 spiro atoms. The fourth-order valence-electron chi connectivity index (χ4n) is 2.19. The van der Waals surface area contributed by atoms with Gasteiger partial charge in [-0.3, -0.25) is 4.79 Å². The third-order valence-electron chi connectivity index (χ3n) is 3.44. The van der Waals surface area contributed by atoms with E-state index >= 15 is 0 Å². The standard InChI is InChI=1S/C17H19ClN2O4S/c1-24-16-8-3-2-5-13(16)9-10-19-17(21)12-20-25(22,23)15-7-4-6-14(18)11-15/h2-8,11,20H,9-10,12H2,1H3,(H,19,21). The average molecular weight is 383 g/mol. The van der Waals surface area contributed by atoms with Crippen LogP contribution >= 0.6 is 11.6 Å². The molecule has 2 aromatic rings. The molecule has 0 fully saturated rings. The van der Waals surface area contributed by atoms with Crippen molar-refractivity contribution in [3.8, 4) is 5.75 Å². The molecular formula is C17H19ClN2O4S. The van der Waals surface area contributed by atoms with E-state index in [9.17, 15) is 13.2 Å². The number of nitrogens with one attached hydrogen (secondary N) is 2. The van der Waals surface area contributed by atoms with Crippen LogP contribution in [0, 0.1) is 0 Å². The normalized spacial score (nSPS) is 11.1. The number of amides is 1. The molecule has 0 saturated heterocycles. The lowest BCUT2D eigenvalue weighted by Crippen LogP contribution is -2.37. The lowest BCUT2D eigenvalue weighted by molar-refractivity contribution is -0.119. The molecule has 25 heavy (non-hydrogen) atoms. The van der Waals surface area contributed by atoms with E-state index in [0.717, 1.165) is 11.3 Å². The molecule has 134 valence electrons. The number of halogens is 1. The minimum absolute atomic E-state index is 0.0156. The van der Waals surface area contributed by atoms with Gasteiger partial charge in [0, 0.05) is 11.6 Å². The molecule has 6 nitrogen and oxygen atoms in total. The number of sulfonamides is 1. The van der Waals surface area contributed by atoms with Gasteiger partial charge in [-0.05, 0) is 36.2 Å². The van der Waals surface area contributed by atoms with E-state index in [0.29, 0.717) is 18.0 Å². The number of carbonyl (C=O) groups is 1. The highest BCUT2D eigenvalue weighted by molar-refractivity contribution is 7.89. The number of methoxy groups -OCH3 is 1. The summed E-state index contributed by atoms with van der Waals surface area (Å²) in [5.74, 6) is 0.332. The summed E-state index contributed by atoms with van der Waals surface area (Å²) in [5.41, 5.74) is 0.963. The van der Waals surface area contributed by atoms with Gasteiger partial charge in [0.2, 0.25) is 15.9 Å². The monoisotopic (exact) mass is 382 g/mol. The number of carbonyl (C=O) groups excluding carboxylic acids is 1. The Labute approximate surface area is 152 Å². The van der Waals surface area contributed by atoms with Gasteiger partial charge in [0.05, 0.1) is 18.6 Å². The predicted octanol–water partition coefficient (Wildman–Crippen LogP) is 1.99. The molecule has 8 heteroatoms. The Hall–Kier alpha value is -2.09. The average Bonchev–Trinajstić information content (AvgIpc) is 2.60. The van der Waals surface area contributed by atoms with Crippen LogP contribution in [0.2, 0.25) is 5.02 Å². The van der Waals surface area contributed by atoms with Crippen molar-refractivity contribution in [1.82, 2.24) is 10.0 Å². The van der Waals surface area contributed by atoms with Crippen molar-refractivity contribution in [3.63, 3.8) is 0 Å². The van der Waals surface area contributed by atoms with Crippen LogP contribution in [0.3, 0.4) is 0 Å². The molecule has 0 radical (unpaired) electrons. The highest BCUT2D eigenvalue weighted by Crippen LogP contribution is 2.17. The smallest absolute Gasteiger partial charge is 0.241 e. The fraction of sp³-hybridized carbons (Fsp3) is 0.235. The maximum absolute atomic E-state index is 12.1. The van der Waals surface area contributed by atoms with Crippen molar-refractivity contribution < 1.29 is 17.9 Å². The molecule has 0 unspecified atom stereocenters. The molecule has 0 heterocycles.